The van der Waals surface area contributed by atoms with Crippen LogP contribution >= 0.6 is 12.2 Å². The first kappa shape index (κ1) is 17.1. The third kappa shape index (κ3) is 3.20. The van der Waals surface area contributed by atoms with Crippen LogP contribution in [0.2, 0.25) is 0 Å². The molecule has 0 aliphatic carbocycles. The van der Waals surface area contributed by atoms with E-state index in [2.05, 4.69) is 46.2 Å². The number of rotatable bonds is 2. The highest BCUT2D eigenvalue weighted by molar-refractivity contribution is 7.72. The molecule has 2 aromatic carbocycles. The maximum atomic E-state index is 6.37. The molecule has 0 bridgehead atoms. The summed E-state index contributed by atoms with van der Waals surface area (Å²) in [7, 11) is 0. The lowest BCUT2D eigenvalue weighted by Gasteiger charge is -2.29. The van der Waals surface area contributed by atoms with E-state index in [1.54, 1.807) is 0 Å². The van der Waals surface area contributed by atoms with Crippen LogP contribution in [-0.2, 0) is 0 Å². The summed E-state index contributed by atoms with van der Waals surface area (Å²) < 4.78 is 7.27. The first-order chi connectivity index (χ1) is 13.3. The first-order valence-corrected chi connectivity index (χ1v) is 10.7. The molecule has 4 heteroatoms. The Kier molecular flexibility index (Phi) is 4.52. The normalized spacial score (nSPS) is 18.4. The molecule has 27 heavy (non-hydrogen) atoms. The van der Waals surface area contributed by atoms with Gasteiger partial charge in [-0.25, -0.2) is 0 Å². The molecule has 3 heterocycles. The summed E-state index contributed by atoms with van der Waals surface area (Å²) in [6, 6.07) is 13.1. The fraction of sp³-hybridized carbons (Fsp3) is 0.435. The summed E-state index contributed by atoms with van der Waals surface area (Å²) in [5.74, 6) is 0. The maximum Gasteiger partial charge on any atom is 0.138 e. The van der Waals surface area contributed by atoms with Crippen molar-refractivity contribution in [2.45, 2.75) is 38.5 Å². The Balaban J connectivity index is 1.59. The second-order valence-corrected chi connectivity index (χ2v) is 8.30. The Labute approximate surface area is 165 Å². The monoisotopic (exact) mass is 378 g/mol. The predicted octanol–water partition coefficient (Wildman–Crippen LogP) is 6.30. The Bertz CT molecular complexity index is 951. The second kappa shape index (κ2) is 7.16. The van der Waals surface area contributed by atoms with E-state index in [-0.39, 0.29) is 0 Å². The van der Waals surface area contributed by atoms with E-state index in [1.807, 2.05) is 0 Å². The van der Waals surface area contributed by atoms with Crippen LogP contribution in [0.5, 0.6) is 0 Å². The van der Waals surface area contributed by atoms with E-state index in [0.29, 0.717) is 0 Å². The topological polar surface area (TPSA) is 19.6 Å². The summed E-state index contributed by atoms with van der Waals surface area (Å²) in [6.45, 7) is 4.55. The highest BCUT2D eigenvalue weighted by Gasteiger charge is 2.15. The van der Waals surface area contributed by atoms with E-state index >= 15 is 0 Å². The zero-order valence-corrected chi connectivity index (χ0v) is 16.6. The van der Waals surface area contributed by atoms with Gasteiger partial charge in [-0.1, -0.05) is 12.2 Å². The molecular formula is C23H26N2OS. The minimum atomic E-state index is 0.904. The number of anilines is 2. The predicted molar refractivity (Wildman–Crippen MR) is 117 cm³/mol. The van der Waals surface area contributed by atoms with Gasteiger partial charge in [-0.05, 0) is 62.8 Å². The molecule has 2 saturated heterocycles. The fourth-order valence-electron chi connectivity index (χ4n) is 4.53. The van der Waals surface area contributed by atoms with Gasteiger partial charge < -0.3 is 14.2 Å². The van der Waals surface area contributed by atoms with Gasteiger partial charge in [-0.3, -0.25) is 0 Å². The van der Waals surface area contributed by atoms with Crippen LogP contribution in [0.1, 0.15) is 38.5 Å². The van der Waals surface area contributed by atoms with Crippen LogP contribution in [0.4, 0.5) is 11.4 Å². The number of hydrogen-bond donors (Lipinski definition) is 0. The number of piperidine rings is 2. The molecule has 3 nitrogen and oxygen atoms in total. The molecule has 0 amide bonds. The Morgan fingerprint density at radius 2 is 1.07 bits per heavy atom. The van der Waals surface area contributed by atoms with Crippen molar-refractivity contribution in [3.8, 4) is 0 Å². The fourth-order valence-corrected chi connectivity index (χ4v) is 4.86. The van der Waals surface area contributed by atoms with Crippen molar-refractivity contribution in [1.29, 1.82) is 0 Å². The van der Waals surface area contributed by atoms with Gasteiger partial charge >= 0.3 is 0 Å². The molecular weight excluding hydrogens is 352 g/mol. The van der Waals surface area contributed by atoms with Gasteiger partial charge in [0.05, 0.1) is 4.51 Å². The molecule has 2 aliphatic heterocycles. The average molecular weight is 379 g/mol. The molecule has 2 fully saturated rings. The summed E-state index contributed by atoms with van der Waals surface area (Å²) >= 11 is 5.81. The summed E-state index contributed by atoms with van der Waals surface area (Å²) in [5, 5.41) is 2.09. The van der Waals surface area contributed by atoms with E-state index < -0.39 is 0 Å². The number of nitrogens with zero attached hydrogens (tertiary/aromatic N) is 2. The first-order valence-electron chi connectivity index (χ1n) is 10.3. The van der Waals surface area contributed by atoms with Crippen molar-refractivity contribution in [3.05, 3.63) is 40.9 Å². The van der Waals surface area contributed by atoms with Gasteiger partial charge in [0.25, 0.3) is 0 Å². The van der Waals surface area contributed by atoms with Crippen molar-refractivity contribution < 1.29 is 4.42 Å². The molecule has 1 aromatic heterocycles. The Hall–Kier alpha value is -2.07. The molecule has 0 spiro atoms. The molecule has 0 N–H and O–H groups in total. The second-order valence-electron chi connectivity index (χ2n) is 7.89. The van der Waals surface area contributed by atoms with E-state index in [0.717, 1.165) is 52.6 Å². The van der Waals surface area contributed by atoms with Crippen LogP contribution in [0, 0.1) is 4.51 Å². The minimum absolute atomic E-state index is 0.904. The van der Waals surface area contributed by atoms with Crippen molar-refractivity contribution in [3.63, 3.8) is 0 Å². The lowest BCUT2D eigenvalue weighted by atomic mass is 10.1. The number of benzene rings is 2. The van der Waals surface area contributed by atoms with Gasteiger partial charge in [-0.15, -0.1) is 0 Å². The summed E-state index contributed by atoms with van der Waals surface area (Å²) in [5.41, 5.74) is 4.33. The highest BCUT2D eigenvalue weighted by Crippen LogP contribution is 2.32. The van der Waals surface area contributed by atoms with Crippen LogP contribution in [0.15, 0.2) is 40.8 Å². The Morgan fingerprint density at radius 1 is 0.630 bits per heavy atom. The zero-order chi connectivity index (χ0) is 18.2. The lowest BCUT2D eigenvalue weighted by Crippen LogP contribution is -2.29. The molecule has 0 atom stereocenters. The zero-order valence-electron chi connectivity index (χ0n) is 15.7. The van der Waals surface area contributed by atoms with Crippen LogP contribution in [0.25, 0.3) is 21.9 Å². The van der Waals surface area contributed by atoms with Gasteiger partial charge in [-0.2, -0.15) is 0 Å². The van der Waals surface area contributed by atoms with Gasteiger partial charge in [0.1, 0.15) is 11.2 Å². The third-order valence-corrected chi connectivity index (χ3v) is 6.52. The SMILES string of the molecule is S=c1c2ccc(N3CCCCC3)cc2oc2cc(N3CCCCC3)ccc12. The van der Waals surface area contributed by atoms with Crippen LogP contribution in [-0.4, -0.2) is 26.2 Å². The molecule has 140 valence electrons. The van der Waals surface area contributed by atoms with Gasteiger partial charge in [0.15, 0.2) is 0 Å². The standard InChI is InChI=1S/C23H26N2OS/c27-23-19-9-7-17(24-11-3-1-4-12-24)15-21(19)26-22-16-18(8-10-20(22)23)25-13-5-2-6-14-25/h7-10,15-16H,1-6,11-14H2. The molecule has 3 aromatic rings. The number of hydrogen-bond acceptors (Lipinski definition) is 4. The largest absolute Gasteiger partial charge is 0.456 e. The minimum Gasteiger partial charge on any atom is -0.456 e. The van der Waals surface area contributed by atoms with Gasteiger partial charge in [0, 0.05) is 60.5 Å². The third-order valence-electron chi connectivity index (χ3n) is 6.08. The smallest absolute Gasteiger partial charge is 0.138 e. The maximum absolute atomic E-state index is 6.37. The molecule has 0 radical (unpaired) electrons. The van der Waals surface area contributed by atoms with Crippen LogP contribution < -0.4 is 9.80 Å². The van der Waals surface area contributed by atoms with Gasteiger partial charge in [0.2, 0.25) is 0 Å². The van der Waals surface area contributed by atoms with Crippen molar-refractivity contribution in [1.82, 2.24) is 0 Å². The van der Waals surface area contributed by atoms with Crippen molar-refractivity contribution in [2.75, 3.05) is 36.0 Å². The van der Waals surface area contributed by atoms with E-state index in [4.69, 9.17) is 16.6 Å². The molecule has 2 aliphatic rings. The lowest BCUT2D eigenvalue weighted by molar-refractivity contribution is 0.576. The quantitative estimate of drug-likeness (QED) is 0.385. The number of fused-ring (bicyclic) bond motifs is 2. The summed E-state index contributed by atoms with van der Waals surface area (Å²) in [6.07, 6.45) is 7.79. The highest BCUT2D eigenvalue weighted by atomic mass is 32.1. The van der Waals surface area contributed by atoms with E-state index in [9.17, 15) is 0 Å². The Morgan fingerprint density at radius 3 is 1.52 bits per heavy atom. The van der Waals surface area contributed by atoms with E-state index in [1.165, 1.54) is 49.9 Å². The van der Waals surface area contributed by atoms with Crippen molar-refractivity contribution >= 4 is 45.5 Å². The van der Waals surface area contributed by atoms with Crippen LogP contribution in [0.3, 0.4) is 0 Å². The summed E-state index contributed by atoms with van der Waals surface area (Å²) in [4.78, 5) is 4.94. The molecule has 0 saturated carbocycles. The van der Waals surface area contributed by atoms with Crippen molar-refractivity contribution in [2.24, 2.45) is 0 Å². The average Bonchev–Trinajstić information content (AvgIpc) is 2.74. The molecule has 0 unspecified atom stereocenters. The molecule has 5 rings (SSSR count).